The molecule has 7 nitrogen and oxygen atoms in total. The molecule has 0 heterocycles. The van der Waals surface area contributed by atoms with Gasteiger partial charge in [0.15, 0.2) is 0 Å². The molecule has 0 aliphatic heterocycles. The largest absolute Gasteiger partial charge is 0.480 e. The number of carboxylic acids is 1. The highest BCUT2D eigenvalue weighted by molar-refractivity contribution is 7.89. The van der Waals surface area contributed by atoms with Gasteiger partial charge >= 0.3 is 5.97 Å². The standard InChI is InChI=1S/C7H15NO6S/c1-13-4-5-15(11,12)8-2-3-14-6-7(9)10/h8H,2-6H2,1H3,(H,9,10). The zero-order valence-electron chi connectivity index (χ0n) is 8.43. The van der Waals surface area contributed by atoms with Crippen LogP contribution >= 0.6 is 0 Å². The SMILES string of the molecule is COCCS(=O)(=O)NCCOCC(=O)O. The van der Waals surface area contributed by atoms with Crippen molar-refractivity contribution in [3.05, 3.63) is 0 Å². The lowest BCUT2D eigenvalue weighted by molar-refractivity contribution is -0.142. The molecular weight excluding hydrogens is 226 g/mol. The molecule has 0 atom stereocenters. The molecule has 8 heteroatoms. The molecule has 0 saturated carbocycles. The Morgan fingerprint density at radius 2 is 2.07 bits per heavy atom. The summed E-state index contributed by atoms with van der Waals surface area (Å²) in [5.74, 6) is -1.21. The molecule has 0 amide bonds. The first-order valence-corrected chi connectivity index (χ1v) is 5.89. The van der Waals surface area contributed by atoms with Crippen LogP contribution in [0.25, 0.3) is 0 Å². The number of nitrogens with one attached hydrogen (secondary N) is 1. The molecule has 0 aromatic carbocycles. The fraction of sp³-hybridized carbons (Fsp3) is 0.857. The Morgan fingerprint density at radius 3 is 2.60 bits per heavy atom. The third-order valence-electron chi connectivity index (χ3n) is 1.35. The lowest BCUT2D eigenvalue weighted by Crippen LogP contribution is -2.31. The Kier molecular flexibility index (Phi) is 7.22. The normalized spacial score (nSPS) is 11.5. The van der Waals surface area contributed by atoms with Gasteiger partial charge in [-0.25, -0.2) is 17.9 Å². The van der Waals surface area contributed by atoms with Gasteiger partial charge in [-0.05, 0) is 0 Å². The smallest absolute Gasteiger partial charge is 0.329 e. The Bertz CT molecular complexity index is 275. The summed E-state index contributed by atoms with van der Waals surface area (Å²) in [6.45, 7) is -0.233. The summed E-state index contributed by atoms with van der Waals surface area (Å²) < 4.78 is 33.7. The van der Waals surface area contributed by atoms with Gasteiger partial charge in [0.05, 0.1) is 19.0 Å². The number of carboxylic acid groups (broad SMARTS) is 1. The van der Waals surface area contributed by atoms with Crippen LogP contribution in [0, 0.1) is 0 Å². The number of aliphatic carboxylic acids is 1. The van der Waals surface area contributed by atoms with E-state index < -0.39 is 22.6 Å². The van der Waals surface area contributed by atoms with Crippen LogP contribution in [-0.2, 0) is 24.3 Å². The minimum atomic E-state index is -3.35. The van der Waals surface area contributed by atoms with Crippen molar-refractivity contribution in [3.63, 3.8) is 0 Å². The van der Waals surface area contributed by atoms with Crippen molar-refractivity contribution >= 4 is 16.0 Å². The Hall–Kier alpha value is -0.700. The van der Waals surface area contributed by atoms with Crippen molar-refractivity contribution in [2.75, 3.05) is 39.2 Å². The Balaban J connectivity index is 3.53. The van der Waals surface area contributed by atoms with Crippen LogP contribution in [0.2, 0.25) is 0 Å². The van der Waals surface area contributed by atoms with Gasteiger partial charge in [0.1, 0.15) is 6.61 Å². The first-order chi connectivity index (χ1) is 6.98. The fourth-order valence-corrected chi connectivity index (χ4v) is 1.62. The van der Waals surface area contributed by atoms with E-state index in [9.17, 15) is 13.2 Å². The summed E-state index contributed by atoms with van der Waals surface area (Å²) in [5.41, 5.74) is 0. The highest BCUT2D eigenvalue weighted by atomic mass is 32.2. The molecule has 0 aromatic heterocycles. The summed E-state index contributed by atoms with van der Waals surface area (Å²) in [5, 5.41) is 8.21. The van der Waals surface area contributed by atoms with Gasteiger partial charge in [0.25, 0.3) is 0 Å². The predicted molar refractivity (Wildman–Crippen MR) is 52.1 cm³/mol. The number of ether oxygens (including phenoxy) is 2. The van der Waals surface area contributed by atoms with Gasteiger partial charge in [0.2, 0.25) is 10.0 Å². The van der Waals surface area contributed by atoms with Crippen molar-refractivity contribution in [3.8, 4) is 0 Å². The Morgan fingerprint density at radius 1 is 1.40 bits per heavy atom. The van der Waals surface area contributed by atoms with E-state index in [4.69, 9.17) is 5.11 Å². The van der Waals surface area contributed by atoms with Crippen LogP contribution in [-0.4, -0.2) is 58.7 Å². The molecule has 0 aliphatic rings. The van der Waals surface area contributed by atoms with Crippen LogP contribution in [0.15, 0.2) is 0 Å². The lowest BCUT2D eigenvalue weighted by atomic mass is 10.7. The number of methoxy groups -OCH3 is 1. The van der Waals surface area contributed by atoms with E-state index in [0.29, 0.717) is 0 Å². The first kappa shape index (κ1) is 14.3. The van der Waals surface area contributed by atoms with Crippen molar-refractivity contribution < 1.29 is 27.8 Å². The van der Waals surface area contributed by atoms with E-state index >= 15 is 0 Å². The van der Waals surface area contributed by atoms with E-state index in [1.807, 2.05) is 0 Å². The van der Waals surface area contributed by atoms with Gasteiger partial charge in [0, 0.05) is 13.7 Å². The lowest BCUT2D eigenvalue weighted by Gasteiger charge is -2.05. The quantitative estimate of drug-likeness (QED) is 0.484. The second-order valence-corrected chi connectivity index (χ2v) is 4.58. The van der Waals surface area contributed by atoms with E-state index in [-0.39, 0.29) is 25.5 Å². The third-order valence-corrected chi connectivity index (χ3v) is 2.70. The molecule has 0 spiro atoms. The molecule has 0 radical (unpaired) electrons. The van der Waals surface area contributed by atoms with Gasteiger partial charge in [-0.1, -0.05) is 0 Å². The van der Waals surface area contributed by atoms with Gasteiger partial charge < -0.3 is 14.6 Å². The van der Waals surface area contributed by atoms with Crippen molar-refractivity contribution in [1.29, 1.82) is 0 Å². The van der Waals surface area contributed by atoms with Crippen molar-refractivity contribution in [1.82, 2.24) is 4.72 Å². The second kappa shape index (κ2) is 7.57. The van der Waals surface area contributed by atoms with Gasteiger partial charge in [-0.2, -0.15) is 0 Å². The summed E-state index contributed by atoms with van der Waals surface area (Å²) in [4.78, 5) is 10.0. The molecule has 0 aliphatic carbocycles. The topological polar surface area (TPSA) is 102 Å². The van der Waals surface area contributed by atoms with Crippen molar-refractivity contribution in [2.45, 2.75) is 0 Å². The fourth-order valence-electron chi connectivity index (χ4n) is 0.694. The maximum Gasteiger partial charge on any atom is 0.329 e. The summed E-state index contributed by atoms with van der Waals surface area (Å²) in [6.07, 6.45) is 0. The monoisotopic (exact) mass is 241 g/mol. The highest BCUT2D eigenvalue weighted by Crippen LogP contribution is 1.84. The number of carbonyl (C=O) groups is 1. The number of rotatable bonds is 9. The molecule has 2 N–H and O–H groups in total. The minimum absolute atomic E-state index is 0.0263. The molecule has 0 bridgehead atoms. The van der Waals surface area contributed by atoms with Crippen LogP contribution in [0.1, 0.15) is 0 Å². The van der Waals surface area contributed by atoms with E-state index in [2.05, 4.69) is 14.2 Å². The van der Waals surface area contributed by atoms with E-state index in [1.165, 1.54) is 7.11 Å². The third kappa shape index (κ3) is 9.60. The summed E-state index contributed by atoms with van der Waals surface area (Å²) in [7, 11) is -1.94. The van der Waals surface area contributed by atoms with Crippen LogP contribution in [0.5, 0.6) is 0 Å². The van der Waals surface area contributed by atoms with Gasteiger partial charge in [-0.3, -0.25) is 0 Å². The average molecular weight is 241 g/mol. The molecule has 0 aromatic rings. The Labute approximate surface area is 88.4 Å². The molecule has 0 rings (SSSR count). The van der Waals surface area contributed by atoms with Crippen LogP contribution in [0.3, 0.4) is 0 Å². The highest BCUT2D eigenvalue weighted by Gasteiger charge is 2.08. The zero-order chi connectivity index (χ0) is 11.7. The van der Waals surface area contributed by atoms with Crippen molar-refractivity contribution in [2.24, 2.45) is 0 Å². The van der Waals surface area contributed by atoms with Gasteiger partial charge in [-0.15, -0.1) is 0 Å². The predicted octanol–water partition coefficient (Wildman–Crippen LogP) is -1.35. The number of hydrogen-bond donors (Lipinski definition) is 2. The second-order valence-electron chi connectivity index (χ2n) is 2.65. The minimum Gasteiger partial charge on any atom is -0.480 e. The molecule has 0 unspecified atom stereocenters. The maximum atomic E-state index is 11.1. The van der Waals surface area contributed by atoms with Crippen LogP contribution < -0.4 is 4.72 Å². The molecular formula is C7H15NO6S. The maximum absolute atomic E-state index is 11.1. The number of hydrogen-bond acceptors (Lipinski definition) is 5. The molecule has 15 heavy (non-hydrogen) atoms. The first-order valence-electron chi connectivity index (χ1n) is 4.24. The summed E-state index contributed by atoms with van der Waals surface area (Å²) >= 11 is 0. The van der Waals surface area contributed by atoms with E-state index in [1.54, 1.807) is 0 Å². The molecule has 90 valence electrons. The molecule has 0 fully saturated rings. The zero-order valence-corrected chi connectivity index (χ0v) is 9.25. The average Bonchev–Trinajstić information content (AvgIpc) is 2.14. The van der Waals surface area contributed by atoms with E-state index in [0.717, 1.165) is 0 Å². The number of sulfonamides is 1. The van der Waals surface area contributed by atoms with Crippen LogP contribution in [0.4, 0.5) is 0 Å². The molecule has 0 saturated heterocycles. The summed E-state index contributed by atoms with van der Waals surface area (Å²) in [6, 6.07) is 0.